The average Bonchev–Trinajstić information content (AvgIpc) is 3.24. The fourth-order valence-corrected chi connectivity index (χ4v) is 5.29. The van der Waals surface area contributed by atoms with Crippen LogP contribution in [0, 0.1) is 0 Å². The third-order valence-electron chi connectivity index (χ3n) is 4.27. The predicted molar refractivity (Wildman–Crippen MR) is 126 cm³/mol. The molecule has 0 spiro atoms. The van der Waals surface area contributed by atoms with Gasteiger partial charge in [-0.25, -0.2) is 8.42 Å². The number of sulfonamides is 1. The Morgan fingerprint density at radius 1 is 1.12 bits per heavy atom. The predicted octanol–water partition coefficient (Wildman–Crippen LogP) is 2.25. The summed E-state index contributed by atoms with van der Waals surface area (Å²) in [5, 5.41) is 2.69. The van der Waals surface area contributed by atoms with Crippen molar-refractivity contribution in [3.8, 4) is 0 Å². The van der Waals surface area contributed by atoms with E-state index in [4.69, 9.17) is 4.74 Å². The second-order valence-corrected chi connectivity index (χ2v) is 10.7. The summed E-state index contributed by atoms with van der Waals surface area (Å²) < 4.78 is 32.7. The van der Waals surface area contributed by atoms with Gasteiger partial charge in [-0.05, 0) is 49.1 Å². The van der Waals surface area contributed by atoms with Gasteiger partial charge in [0.05, 0.1) is 9.77 Å². The van der Waals surface area contributed by atoms with E-state index in [1.807, 2.05) is 6.26 Å². The first-order valence-electron chi connectivity index (χ1n) is 9.82. The number of nitrogens with one attached hydrogen (secondary N) is 2. The van der Waals surface area contributed by atoms with Crippen LogP contribution in [0.15, 0.2) is 47.4 Å². The summed E-state index contributed by atoms with van der Waals surface area (Å²) in [4.78, 5) is 37.3. The van der Waals surface area contributed by atoms with Gasteiger partial charge >= 0.3 is 5.97 Å². The Morgan fingerprint density at radius 3 is 2.50 bits per heavy atom. The van der Waals surface area contributed by atoms with Gasteiger partial charge in [0.15, 0.2) is 6.61 Å². The van der Waals surface area contributed by atoms with E-state index < -0.39 is 28.6 Å². The van der Waals surface area contributed by atoms with Gasteiger partial charge in [0.1, 0.15) is 6.04 Å². The number of benzene rings is 1. The van der Waals surface area contributed by atoms with Crippen molar-refractivity contribution in [3.05, 3.63) is 52.2 Å². The maximum atomic E-state index is 12.6. The third-order valence-corrected chi connectivity index (χ3v) is 7.59. The topological polar surface area (TPSA) is 119 Å². The molecule has 0 aliphatic rings. The SMILES string of the molecule is CSCCC(NS(=O)(=O)c1ccccc1)C(=O)OCC(=O)c1ccc(CCNC(C)=O)s1. The molecule has 0 aliphatic heterocycles. The van der Waals surface area contributed by atoms with Gasteiger partial charge in [-0.3, -0.25) is 14.4 Å². The molecule has 1 amide bonds. The van der Waals surface area contributed by atoms with Crippen molar-refractivity contribution in [1.82, 2.24) is 10.0 Å². The van der Waals surface area contributed by atoms with E-state index in [0.29, 0.717) is 23.6 Å². The van der Waals surface area contributed by atoms with Crippen molar-refractivity contribution in [2.45, 2.75) is 30.7 Å². The van der Waals surface area contributed by atoms with Crippen molar-refractivity contribution >= 4 is 50.8 Å². The molecule has 8 nitrogen and oxygen atoms in total. The first kappa shape index (κ1) is 26.0. The van der Waals surface area contributed by atoms with Crippen LogP contribution in [0.1, 0.15) is 27.9 Å². The third kappa shape index (κ3) is 8.38. The number of esters is 1. The molecule has 0 saturated carbocycles. The van der Waals surface area contributed by atoms with Gasteiger partial charge in [0.25, 0.3) is 0 Å². The highest BCUT2D eigenvalue weighted by molar-refractivity contribution is 7.98. The summed E-state index contributed by atoms with van der Waals surface area (Å²) in [5.41, 5.74) is 0. The molecule has 2 N–H and O–H groups in total. The summed E-state index contributed by atoms with van der Waals surface area (Å²) in [6, 6.07) is 10.1. The Bertz CT molecular complexity index is 1020. The van der Waals surface area contributed by atoms with Crippen LogP contribution in [0.4, 0.5) is 0 Å². The smallest absolute Gasteiger partial charge is 0.324 e. The minimum absolute atomic E-state index is 0.0448. The number of thiophene rings is 1. The highest BCUT2D eigenvalue weighted by Crippen LogP contribution is 2.18. The zero-order chi connectivity index (χ0) is 23.6. The Hall–Kier alpha value is -2.21. The molecule has 32 heavy (non-hydrogen) atoms. The van der Waals surface area contributed by atoms with Crippen molar-refractivity contribution in [2.75, 3.05) is 25.2 Å². The van der Waals surface area contributed by atoms with Crippen molar-refractivity contribution in [1.29, 1.82) is 0 Å². The van der Waals surface area contributed by atoms with Crippen LogP contribution in [0.3, 0.4) is 0 Å². The van der Waals surface area contributed by atoms with E-state index in [-0.39, 0.29) is 23.0 Å². The molecule has 0 aliphatic carbocycles. The molecule has 1 aromatic carbocycles. The normalized spacial score (nSPS) is 12.2. The van der Waals surface area contributed by atoms with E-state index in [2.05, 4.69) is 10.0 Å². The number of rotatable bonds is 13. The second kappa shape index (κ2) is 12.7. The molecule has 11 heteroatoms. The van der Waals surface area contributed by atoms with Crippen molar-refractivity contribution in [3.63, 3.8) is 0 Å². The molecule has 1 unspecified atom stereocenters. The number of ether oxygens (including phenoxy) is 1. The van der Waals surface area contributed by atoms with E-state index in [9.17, 15) is 22.8 Å². The zero-order valence-electron chi connectivity index (χ0n) is 17.8. The summed E-state index contributed by atoms with van der Waals surface area (Å²) in [5.74, 6) is -0.755. The quantitative estimate of drug-likeness (QED) is 0.321. The number of amides is 1. The van der Waals surface area contributed by atoms with Crippen LogP contribution in [0.2, 0.25) is 0 Å². The van der Waals surface area contributed by atoms with Crippen LogP contribution in [0.25, 0.3) is 0 Å². The van der Waals surface area contributed by atoms with E-state index in [0.717, 1.165) is 4.88 Å². The monoisotopic (exact) mass is 498 g/mol. The number of carbonyl (C=O) groups is 3. The maximum Gasteiger partial charge on any atom is 0.324 e. The first-order chi connectivity index (χ1) is 15.2. The molecule has 0 fully saturated rings. The summed E-state index contributed by atoms with van der Waals surface area (Å²) >= 11 is 2.73. The lowest BCUT2D eigenvalue weighted by Gasteiger charge is -2.17. The highest BCUT2D eigenvalue weighted by Gasteiger charge is 2.27. The minimum atomic E-state index is -3.91. The standard InChI is InChI=1S/C21H26N2O6S3/c1-15(24)22-12-10-16-8-9-20(31-16)19(25)14-29-21(26)18(11-13-30-2)23-32(27,28)17-6-4-3-5-7-17/h3-9,18,23H,10-14H2,1-2H3,(H,22,24). The van der Waals surface area contributed by atoms with E-state index >= 15 is 0 Å². The molecular formula is C21H26N2O6S3. The molecule has 2 aromatic rings. The fourth-order valence-electron chi connectivity index (χ4n) is 2.65. The molecule has 1 aromatic heterocycles. The second-order valence-electron chi connectivity index (χ2n) is 6.80. The number of ketones is 1. The molecule has 0 radical (unpaired) electrons. The number of Topliss-reactive ketones (excluding diaryl/α,β-unsaturated/α-hetero) is 1. The molecule has 0 bridgehead atoms. The highest BCUT2D eigenvalue weighted by atomic mass is 32.2. The number of hydrogen-bond donors (Lipinski definition) is 2. The van der Waals surface area contributed by atoms with Crippen LogP contribution >= 0.6 is 23.1 Å². The van der Waals surface area contributed by atoms with Crippen molar-refractivity contribution < 1.29 is 27.5 Å². The van der Waals surface area contributed by atoms with Gasteiger partial charge < -0.3 is 10.1 Å². The number of carbonyl (C=O) groups excluding carboxylic acids is 3. The first-order valence-corrected chi connectivity index (χ1v) is 13.5. The van der Waals surface area contributed by atoms with E-state index in [1.54, 1.807) is 30.3 Å². The zero-order valence-corrected chi connectivity index (χ0v) is 20.3. The van der Waals surface area contributed by atoms with Gasteiger partial charge in [-0.1, -0.05) is 18.2 Å². The molecule has 0 saturated heterocycles. The fraction of sp³-hybridized carbons (Fsp3) is 0.381. The lowest BCUT2D eigenvalue weighted by molar-refractivity contribution is -0.144. The molecule has 1 heterocycles. The van der Waals surface area contributed by atoms with Crippen LogP contribution in [0.5, 0.6) is 0 Å². The number of hydrogen-bond acceptors (Lipinski definition) is 8. The van der Waals surface area contributed by atoms with Gasteiger partial charge in [-0.15, -0.1) is 11.3 Å². The average molecular weight is 499 g/mol. The van der Waals surface area contributed by atoms with Gasteiger partial charge in [-0.2, -0.15) is 16.5 Å². The number of thioether (sulfide) groups is 1. The molecule has 174 valence electrons. The van der Waals surface area contributed by atoms with E-state index in [1.165, 1.54) is 42.2 Å². The summed E-state index contributed by atoms with van der Waals surface area (Å²) in [6.45, 7) is 1.43. The molecule has 1 atom stereocenters. The lowest BCUT2D eigenvalue weighted by Crippen LogP contribution is -2.42. The lowest BCUT2D eigenvalue weighted by atomic mass is 10.2. The Labute approximate surface area is 196 Å². The van der Waals surface area contributed by atoms with Crippen LogP contribution in [-0.4, -0.2) is 57.3 Å². The Balaban J connectivity index is 1.96. The Kier molecular flexibility index (Phi) is 10.4. The maximum absolute atomic E-state index is 12.6. The summed E-state index contributed by atoms with van der Waals surface area (Å²) in [7, 11) is -3.91. The molecular weight excluding hydrogens is 472 g/mol. The van der Waals surface area contributed by atoms with Crippen LogP contribution in [-0.2, 0) is 30.8 Å². The van der Waals surface area contributed by atoms with Gasteiger partial charge in [0.2, 0.25) is 21.7 Å². The van der Waals surface area contributed by atoms with Crippen molar-refractivity contribution in [2.24, 2.45) is 0 Å². The summed E-state index contributed by atoms with van der Waals surface area (Å²) in [6.07, 6.45) is 2.67. The van der Waals surface area contributed by atoms with Crippen LogP contribution < -0.4 is 10.0 Å². The molecule has 2 rings (SSSR count). The largest absolute Gasteiger partial charge is 0.456 e. The Morgan fingerprint density at radius 2 is 1.84 bits per heavy atom. The minimum Gasteiger partial charge on any atom is -0.456 e. The van der Waals surface area contributed by atoms with Gasteiger partial charge in [0, 0.05) is 18.3 Å².